The van der Waals surface area contributed by atoms with E-state index in [4.69, 9.17) is 11.6 Å². The number of anilines is 2. The summed E-state index contributed by atoms with van der Waals surface area (Å²) in [6.45, 7) is 0. The zero-order valence-electron chi connectivity index (χ0n) is 13.8. The highest BCUT2D eigenvalue weighted by molar-refractivity contribution is 14.1. The third-order valence-electron chi connectivity index (χ3n) is 3.62. The third kappa shape index (κ3) is 5.00. The molecule has 0 saturated heterocycles. The molecule has 0 aliphatic carbocycles. The highest BCUT2D eigenvalue weighted by Crippen LogP contribution is 2.24. The van der Waals surface area contributed by atoms with Crippen molar-refractivity contribution < 1.29 is 13.2 Å². The summed E-state index contributed by atoms with van der Waals surface area (Å²) in [6.07, 6.45) is 0. The summed E-state index contributed by atoms with van der Waals surface area (Å²) in [5.41, 5.74) is 1.03. The maximum atomic E-state index is 12.5. The van der Waals surface area contributed by atoms with Crippen LogP contribution in [0, 0.1) is 3.57 Å². The van der Waals surface area contributed by atoms with Crippen LogP contribution in [0.2, 0.25) is 5.02 Å². The fourth-order valence-corrected chi connectivity index (χ4v) is 3.94. The van der Waals surface area contributed by atoms with Crippen LogP contribution in [-0.4, -0.2) is 14.3 Å². The fourth-order valence-electron chi connectivity index (χ4n) is 2.31. The molecule has 0 heterocycles. The number of benzene rings is 3. The molecule has 0 radical (unpaired) electrons. The zero-order chi connectivity index (χ0) is 19.4. The largest absolute Gasteiger partial charge is 0.322 e. The van der Waals surface area contributed by atoms with Gasteiger partial charge in [0.15, 0.2) is 0 Å². The van der Waals surface area contributed by atoms with Crippen LogP contribution in [0.5, 0.6) is 0 Å². The standard InChI is InChI=1S/C19H14ClIN2O3S/c20-18-11-10-15(23-27(25,26)16-4-2-1-3-5-16)12-17(18)19(24)22-14-8-6-13(21)7-9-14/h1-12,23H,(H,22,24). The SMILES string of the molecule is O=C(Nc1ccc(I)cc1)c1cc(NS(=O)(=O)c2ccccc2)ccc1Cl. The van der Waals surface area contributed by atoms with Gasteiger partial charge in [-0.2, -0.15) is 0 Å². The summed E-state index contributed by atoms with van der Waals surface area (Å²) in [6, 6.07) is 19.6. The van der Waals surface area contributed by atoms with E-state index in [-0.39, 0.29) is 21.2 Å². The second-order valence-corrected chi connectivity index (χ2v) is 8.91. The smallest absolute Gasteiger partial charge is 0.261 e. The van der Waals surface area contributed by atoms with E-state index in [1.54, 1.807) is 30.3 Å². The lowest BCUT2D eigenvalue weighted by atomic mass is 10.2. The van der Waals surface area contributed by atoms with Gasteiger partial charge in [0.05, 0.1) is 15.5 Å². The predicted molar refractivity (Wildman–Crippen MR) is 116 cm³/mol. The van der Waals surface area contributed by atoms with E-state index in [9.17, 15) is 13.2 Å². The number of sulfonamides is 1. The Bertz CT molecular complexity index is 1070. The number of rotatable bonds is 5. The van der Waals surface area contributed by atoms with E-state index in [1.165, 1.54) is 30.3 Å². The molecule has 0 spiro atoms. The lowest BCUT2D eigenvalue weighted by Gasteiger charge is -2.11. The van der Waals surface area contributed by atoms with E-state index in [0.717, 1.165) is 3.57 Å². The van der Waals surface area contributed by atoms with Gasteiger partial charge in [-0.05, 0) is 77.2 Å². The Kier molecular flexibility index (Phi) is 6.03. The second-order valence-electron chi connectivity index (χ2n) is 5.57. The van der Waals surface area contributed by atoms with Crippen molar-refractivity contribution in [1.82, 2.24) is 0 Å². The minimum absolute atomic E-state index is 0.129. The molecule has 0 aromatic heterocycles. The van der Waals surface area contributed by atoms with Crippen molar-refractivity contribution in [2.24, 2.45) is 0 Å². The Labute approximate surface area is 175 Å². The van der Waals surface area contributed by atoms with Crippen LogP contribution in [0.15, 0.2) is 77.7 Å². The fraction of sp³-hybridized carbons (Fsp3) is 0. The van der Waals surface area contributed by atoms with Crippen molar-refractivity contribution in [2.45, 2.75) is 4.90 Å². The topological polar surface area (TPSA) is 75.3 Å². The van der Waals surface area contributed by atoms with Crippen molar-refractivity contribution in [1.29, 1.82) is 0 Å². The first-order chi connectivity index (χ1) is 12.8. The molecular formula is C19H14ClIN2O3S. The van der Waals surface area contributed by atoms with Crippen molar-refractivity contribution in [3.63, 3.8) is 0 Å². The van der Waals surface area contributed by atoms with Gasteiger partial charge in [-0.3, -0.25) is 9.52 Å². The van der Waals surface area contributed by atoms with Gasteiger partial charge in [0, 0.05) is 14.9 Å². The number of carbonyl (C=O) groups excluding carboxylic acids is 1. The number of nitrogens with one attached hydrogen (secondary N) is 2. The monoisotopic (exact) mass is 512 g/mol. The molecule has 5 nitrogen and oxygen atoms in total. The molecule has 0 aliphatic rings. The molecule has 3 aromatic carbocycles. The van der Waals surface area contributed by atoms with Gasteiger partial charge in [-0.25, -0.2) is 8.42 Å². The molecule has 0 atom stereocenters. The third-order valence-corrected chi connectivity index (χ3v) is 6.06. The highest BCUT2D eigenvalue weighted by Gasteiger charge is 2.16. The molecule has 0 saturated carbocycles. The molecule has 3 rings (SSSR count). The van der Waals surface area contributed by atoms with Crippen LogP contribution < -0.4 is 10.0 Å². The van der Waals surface area contributed by atoms with E-state index >= 15 is 0 Å². The van der Waals surface area contributed by atoms with Crippen molar-refractivity contribution in [3.8, 4) is 0 Å². The molecule has 8 heteroatoms. The van der Waals surface area contributed by atoms with Gasteiger partial charge >= 0.3 is 0 Å². The van der Waals surface area contributed by atoms with Crippen molar-refractivity contribution >= 4 is 61.5 Å². The molecule has 3 aromatic rings. The Balaban J connectivity index is 1.84. The summed E-state index contributed by atoms with van der Waals surface area (Å²) in [7, 11) is -3.76. The summed E-state index contributed by atoms with van der Waals surface area (Å²) in [4.78, 5) is 12.7. The van der Waals surface area contributed by atoms with Gasteiger partial charge in [-0.15, -0.1) is 0 Å². The zero-order valence-corrected chi connectivity index (χ0v) is 17.5. The van der Waals surface area contributed by atoms with Crippen molar-refractivity contribution in [2.75, 3.05) is 10.0 Å². The van der Waals surface area contributed by atoms with Gasteiger partial charge in [-0.1, -0.05) is 29.8 Å². The Morgan fingerprint density at radius 1 is 0.889 bits per heavy atom. The van der Waals surface area contributed by atoms with Crippen LogP contribution >= 0.6 is 34.2 Å². The number of hydrogen-bond donors (Lipinski definition) is 2. The van der Waals surface area contributed by atoms with E-state index in [2.05, 4.69) is 32.6 Å². The number of amides is 1. The van der Waals surface area contributed by atoms with Crippen LogP contribution in [-0.2, 0) is 10.0 Å². The maximum Gasteiger partial charge on any atom is 0.261 e. The van der Waals surface area contributed by atoms with Crippen LogP contribution in [0.1, 0.15) is 10.4 Å². The summed E-state index contributed by atoms with van der Waals surface area (Å²) >= 11 is 8.30. The molecule has 2 N–H and O–H groups in total. The summed E-state index contributed by atoms with van der Waals surface area (Å²) < 4.78 is 28.4. The van der Waals surface area contributed by atoms with Gasteiger partial charge < -0.3 is 5.32 Å². The lowest BCUT2D eigenvalue weighted by Crippen LogP contribution is -2.15. The Hall–Kier alpha value is -2.10. The molecule has 27 heavy (non-hydrogen) atoms. The normalized spacial score (nSPS) is 11.0. The average molecular weight is 513 g/mol. The molecular weight excluding hydrogens is 499 g/mol. The molecule has 0 unspecified atom stereocenters. The first kappa shape index (κ1) is 19.7. The van der Waals surface area contributed by atoms with Gasteiger partial charge in [0.1, 0.15) is 0 Å². The highest BCUT2D eigenvalue weighted by atomic mass is 127. The lowest BCUT2D eigenvalue weighted by molar-refractivity contribution is 0.102. The number of carbonyl (C=O) groups is 1. The van der Waals surface area contributed by atoms with E-state index in [0.29, 0.717) is 5.69 Å². The van der Waals surface area contributed by atoms with Crippen LogP contribution in [0.25, 0.3) is 0 Å². The molecule has 0 aliphatic heterocycles. The van der Waals surface area contributed by atoms with Crippen molar-refractivity contribution in [3.05, 3.63) is 87.0 Å². The second kappa shape index (κ2) is 8.28. The minimum atomic E-state index is -3.76. The average Bonchev–Trinajstić information content (AvgIpc) is 2.65. The summed E-state index contributed by atoms with van der Waals surface area (Å²) in [5, 5.41) is 2.97. The minimum Gasteiger partial charge on any atom is -0.322 e. The first-order valence-corrected chi connectivity index (χ1v) is 10.7. The first-order valence-electron chi connectivity index (χ1n) is 7.79. The molecule has 138 valence electrons. The molecule has 0 bridgehead atoms. The van der Waals surface area contributed by atoms with Gasteiger partial charge in [0.2, 0.25) is 0 Å². The number of halogens is 2. The molecule has 1 amide bonds. The van der Waals surface area contributed by atoms with E-state index < -0.39 is 15.9 Å². The Morgan fingerprint density at radius 2 is 1.52 bits per heavy atom. The summed E-state index contributed by atoms with van der Waals surface area (Å²) in [5.74, 6) is -0.429. The quantitative estimate of drug-likeness (QED) is 0.473. The van der Waals surface area contributed by atoms with E-state index in [1.807, 2.05) is 12.1 Å². The number of hydrogen-bond acceptors (Lipinski definition) is 3. The Morgan fingerprint density at radius 3 is 2.19 bits per heavy atom. The van der Waals surface area contributed by atoms with Crippen LogP contribution in [0.3, 0.4) is 0 Å². The van der Waals surface area contributed by atoms with Crippen LogP contribution in [0.4, 0.5) is 11.4 Å². The predicted octanol–water partition coefficient (Wildman–Crippen LogP) is 5.00. The maximum absolute atomic E-state index is 12.5. The molecule has 0 fully saturated rings. The van der Waals surface area contributed by atoms with Gasteiger partial charge in [0.25, 0.3) is 15.9 Å².